The topological polar surface area (TPSA) is 117 Å². The molecule has 1 atom stereocenters. The minimum Gasteiger partial charge on any atom is -0.457 e. The van der Waals surface area contributed by atoms with E-state index in [-0.39, 0.29) is 11.3 Å². The van der Waals surface area contributed by atoms with Gasteiger partial charge in [-0.05, 0) is 42.8 Å². The van der Waals surface area contributed by atoms with Gasteiger partial charge in [0.05, 0.1) is 11.4 Å². The second-order valence-corrected chi connectivity index (χ2v) is 10.5. The summed E-state index contributed by atoms with van der Waals surface area (Å²) in [6.45, 7) is -0.338. The highest BCUT2D eigenvalue weighted by molar-refractivity contribution is 7.95. The van der Waals surface area contributed by atoms with Crippen LogP contribution in [0.1, 0.15) is 6.42 Å². The molecule has 4 aromatic rings. The van der Waals surface area contributed by atoms with Crippen molar-refractivity contribution in [2.45, 2.75) is 6.42 Å². The zero-order chi connectivity index (χ0) is 24.6. The van der Waals surface area contributed by atoms with E-state index in [4.69, 9.17) is 9.84 Å². The predicted molar refractivity (Wildman–Crippen MR) is 135 cm³/mol. The Morgan fingerprint density at radius 3 is 2.74 bits per heavy atom. The number of nitrogens with zero attached hydrogens (tertiary/aromatic N) is 3. The van der Waals surface area contributed by atoms with E-state index >= 15 is 0 Å². The maximum Gasteiger partial charge on any atom is 0.280 e. The number of hydrogen-bond donors (Lipinski definition) is 2. The molecule has 2 N–H and O–H groups in total. The average molecular weight is 493 g/mol. The van der Waals surface area contributed by atoms with Crippen LogP contribution in [0, 0.1) is 0 Å². The first-order chi connectivity index (χ1) is 16.9. The third kappa shape index (κ3) is 4.22. The third-order valence-electron chi connectivity index (χ3n) is 5.90. The molecule has 0 spiro atoms. The van der Waals surface area contributed by atoms with E-state index in [1.165, 1.54) is 4.57 Å². The number of aliphatic hydroxyl groups is 1. The number of rotatable bonds is 5. The number of aryl methyl sites for hydroxylation is 1. The van der Waals surface area contributed by atoms with Crippen molar-refractivity contribution in [3.63, 3.8) is 0 Å². The quantitative estimate of drug-likeness (QED) is 0.443. The highest BCUT2D eigenvalue weighted by atomic mass is 32.2. The van der Waals surface area contributed by atoms with Crippen molar-refractivity contribution >= 4 is 32.4 Å². The van der Waals surface area contributed by atoms with Crippen molar-refractivity contribution in [1.29, 1.82) is 0 Å². The number of nitrogens with one attached hydrogen (secondary N) is 1. The monoisotopic (exact) mass is 492 g/mol. The fourth-order valence-corrected chi connectivity index (χ4v) is 6.45. The molecule has 1 aliphatic heterocycles. The molecule has 0 aliphatic carbocycles. The lowest BCUT2D eigenvalue weighted by molar-refractivity contribution is -0.120. The van der Waals surface area contributed by atoms with Crippen LogP contribution in [0.2, 0.25) is 0 Å². The van der Waals surface area contributed by atoms with Crippen LogP contribution in [0.15, 0.2) is 76.1 Å². The first-order valence-electron chi connectivity index (χ1n) is 11.1. The summed E-state index contributed by atoms with van der Waals surface area (Å²) in [6, 6.07) is 16.6. The molecule has 1 fully saturated rings. The van der Waals surface area contributed by atoms with Gasteiger partial charge in [-0.1, -0.05) is 18.2 Å². The molecule has 1 amide bonds. The number of anilines is 1. The molecule has 35 heavy (non-hydrogen) atoms. The number of ether oxygens (including phenoxy) is 1. The lowest BCUT2D eigenvalue weighted by Crippen LogP contribution is -2.26. The molecular formula is C25H24N4O5S. The summed E-state index contributed by atoms with van der Waals surface area (Å²) in [5.74, 6) is 0.622. The second kappa shape index (κ2) is 9.05. The van der Waals surface area contributed by atoms with Gasteiger partial charge in [-0.15, -0.1) is 4.36 Å². The highest BCUT2D eigenvalue weighted by Crippen LogP contribution is 2.40. The SMILES string of the molecule is Cn1cc(-c2cc(N3CCCS3(=O)=NC(=O)CO)ccc2Oc2ccccc2)c2cc[nH]c2c1=O. The summed E-state index contributed by atoms with van der Waals surface area (Å²) in [4.78, 5) is 27.4. The molecule has 0 radical (unpaired) electrons. The number of aromatic nitrogens is 2. The number of benzene rings is 2. The highest BCUT2D eigenvalue weighted by Gasteiger charge is 2.29. The molecule has 1 aliphatic rings. The Balaban J connectivity index is 1.71. The number of pyridine rings is 1. The van der Waals surface area contributed by atoms with Gasteiger partial charge >= 0.3 is 0 Å². The molecule has 1 saturated heterocycles. The van der Waals surface area contributed by atoms with Gasteiger partial charge in [-0.2, -0.15) is 0 Å². The molecular weight excluding hydrogens is 468 g/mol. The molecule has 3 heterocycles. The number of H-pyrrole nitrogens is 1. The molecule has 5 rings (SSSR count). The Labute approximate surface area is 201 Å². The van der Waals surface area contributed by atoms with Crippen molar-refractivity contribution in [3.8, 4) is 22.6 Å². The summed E-state index contributed by atoms with van der Waals surface area (Å²) >= 11 is 0. The lowest BCUT2D eigenvalue weighted by Gasteiger charge is -2.22. The van der Waals surface area contributed by atoms with Crippen LogP contribution in [-0.2, 0) is 21.8 Å². The largest absolute Gasteiger partial charge is 0.457 e. The average Bonchev–Trinajstić information content (AvgIpc) is 3.50. The van der Waals surface area contributed by atoms with Crippen molar-refractivity contribution in [2.75, 3.05) is 23.2 Å². The van der Waals surface area contributed by atoms with Gasteiger partial charge in [0.15, 0.2) is 0 Å². The maximum atomic E-state index is 13.5. The van der Waals surface area contributed by atoms with Gasteiger partial charge in [0.25, 0.3) is 11.5 Å². The minimum absolute atomic E-state index is 0.153. The normalized spacial score (nSPS) is 17.6. The van der Waals surface area contributed by atoms with Gasteiger partial charge in [0.2, 0.25) is 0 Å². The van der Waals surface area contributed by atoms with Gasteiger partial charge in [-0.3, -0.25) is 13.9 Å². The van der Waals surface area contributed by atoms with E-state index in [1.807, 2.05) is 42.5 Å². The molecule has 1 unspecified atom stereocenters. The zero-order valence-corrected chi connectivity index (χ0v) is 19.8. The number of carbonyl (C=O) groups excluding carboxylic acids is 1. The number of para-hydroxylation sites is 1. The molecule has 10 heteroatoms. The van der Waals surface area contributed by atoms with E-state index in [0.29, 0.717) is 41.2 Å². The molecule has 2 aromatic carbocycles. The van der Waals surface area contributed by atoms with Crippen LogP contribution >= 0.6 is 0 Å². The lowest BCUT2D eigenvalue weighted by atomic mass is 10.0. The molecule has 0 saturated carbocycles. The molecule has 9 nitrogen and oxygen atoms in total. The van der Waals surface area contributed by atoms with Crippen LogP contribution in [0.5, 0.6) is 11.5 Å². The second-order valence-electron chi connectivity index (χ2n) is 8.23. The van der Waals surface area contributed by atoms with E-state index in [9.17, 15) is 13.8 Å². The molecule has 0 bridgehead atoms. The smallest absolute Gasteiger partial charge is 0.280 e. The Morgan fingerprint density at radius 2 is 1.97 bits per heavy atom. The van der Waals surface area contributed by atoms with Gasteiger partial charge in [-0.25, -0.2) is 4.21 Å². The summed E-state index contributed by atoms with van der Waals surface area (Å²) in [6.07, 6.45) is 4.06. The Kier molecular flexibility index (Phi) is 5.91. The number of aliphatic hydroxyl groups excluding tert-OH is 1. The fourth-order valence-electron chi connectivity index (χ4n) is 4.30. The maximum absolute atomic E-state index is 13.5. The van der Waals surface area contributed by atoms with E-state index in [1.54, 1.807) is 35.9 Å². The van der Waals surface area contributed by atoms with E-state index in [0.717, 1.165) is 10.9 Å². The first kappa shape index (κ1) is 22.9. The fraction of sp³-hybridized carbons (Fsp3) is 0.200. The van der Waals surface area contributed by atoms with E-state index < -0.39 is 22.4 Å². The third-order valence-corrected chi connectivity index (χ3v) is 8.29. The van der Waals surface area contributed by atoms with Crippen molar-refractivity contribution in [1.82, 2.24) is 9.55 Å². The van der Waals surface area contributed by atoms with Crippen molar-refractivity contribution in [2.24, 2.45) is 11.4 Å². The Hall–Kier alpha value is -3.89. The summed E-state index contributed by atoms with van der Waals surface area (Å²) < 4.78 is 26.7. The Morgan fingerprint density at radius 1 is 1.17 bits per heavy atom. The minimum atomic E-state index is -3.03. The van der Waals surface area contributed by atoms with E-state index in [2.05, 4.69) is 9.35 Å². The van der Waals surface area contributed by atoms with Crippen LogP contribution in [0.4, 0.5) is 5.69 Å². The van der Waals surface area contributed by atoms with Gasteiger partial charge in [0, 0.05) is 42.5 Å². The van der Waals surface area contributed by atoms with Gasteiger partial charge in [0.1, 0.15) is 33.5 Å². The van der Waals surface area contributed by atoms with Crippen LogP contribution in [0.25, 0.3) is 22.0 Å². The number of fused-ring (bicyclic) bond motifs is 1. The van der Waals surface area contributed by atoms with Crippen LogP contribution in [-0.4, -0.2) is 43.7 Å². The predicted octanol–water partition coefficient (Wildman–Crippen LogP) is 3.44. The standard InChI is InChI=1S/C25H24N4O5S/c1-28-15-21(19-10-11-26-24(19)25(28)32)20-14-17(8-9-22(20)34-18-6-3-2-4-7-18)29-12-5-13-35(29,33)27-23(31)16-30/h2-4,6-11,14-15,26,30H,5,12-13,16H2,1H3. The molecule has 2 aromatic heterocycles. The first-order valence-corrected chi connectivity index (χ1v) is 12.7. The number of amides is 1. The van der Waals surface area contributed by atoms with Gasteiger partial charge < -0.3 is 19.4 Å². The van der Waals surface area contributed by atoms with Crippen molar-refractivity contribution in [3.05, 3.63) is 77.3 Å². The van der Waals surface area contributed by atoms with Crippen molar-refractivity contribution < 1.29 is 18.8 Å². The number of aromatic amines is 1. The van der Waals surface area contributed by atoms with Crippen LogP contribution < -0.4 is 14.6 Å². The molecule has 180 valence electrons. The summed E-state index contributed by atoms with van der Waals surface area (Å²) in [5.41, 5.74) is 2.36. The summed E-state index contributed by atoms with van der Waals surface area (Å²) in [5, 5.41) is 9.86. The zero-order valence-electron chi connectivity index (χ0n) is 19.0. The number of hydrogen-bond acceptors (Lipinski definition) is 5. The van der Waals surface area contributed by atoms with Crippen LogP contribution in [0.3, 0.4) is 0 Å². The summed E-state index contributed by atoms with van der Waals surface area (Å²) in [7, 11) is -1.35. The number of carbonyl (C=O) groups is 1. The Bertz CT molecular complexity index is 1600.